The Morgan fingerprint density at radius 1 is 1.13 bits per heavy atom. The van der Waals surface area contributed by atoms with Gasteiger partial charge in [0, 0.05) is 0 Å². The van der Waals surface area contributed by atoms with Gasteiger partial charge in [-0.05, 0) is 30.5 Å². The highest BCUT2D eigenvalue weighted by Crippen LogP contribution is 2.19. The molecule has 1 heterocycles. The van der Waals surface area contributed by atoms with E-state index < -0.39 is 11.8 Å². The number of unbranched alkanes of at least 4 members (excludes halogenated alkanes) is 1. The maximum atomic E-state index is 11.3. The Morgan fingerprint density at radius 2 is 1.87 bits per heavy atom. The number of rotatable bonds is 3. The van der Waals surface area contributed by atoms with Crippen LogP contribution in [0.5, 0.6) is 0 Å². The first-order valence-corrected chi connectivity index (χ1v) is 5.15. The molecule has 3 heteroatoms. The fraction of sp³-hybridized carbons (Fsp3) is 0.333. The number of aryl methyl sites for hydroxylation is 1. The Labute approximate surface area is 88.5 Å². The molecule has 0 bridgehead atoms. The molecule has 15 heavy (non-hydrogen) atoms. The molecule has 0 atom stereocenters. The number of fused-ring (bicyclic) bond motifs is 1. The van der Waals surface area contributed by atoms with Gasteiger partial charge in [0.1, 0.15) is 0 Å². The van der Waals surface area contributed by atoms with Crippen LogP contribution in [0.25, 0.3) is 0 Å². The molecule has 1 aliphatic rings. The van der Waals surface area contributed by atoms with E-state index in [0.29, 0.717) is 11.1 Å². The second-order valence-electron chi connectivity index (χ2n) is 3.71. The van der Waals surface area contributed by atoms with Crippen molar-refractivity contribution in [2.24, 2.45) is 0 Å². The Balaban J connectivity index is 2.30. The van der Waals surface area contributed by atoms with Crippen LogP contribution in [0.1, 0.15) is 46.0 Å². The molecule has 0 saturated carbocycles. The zero-order chi connectivity index (χ0) is 10.8. The van der Waals surface area contributed by atoms with Crippen molar-refractivity contribution in [3.63, 3.8) is 0 Å². The molecule has 0 aliphatic carbocycles. The normalized spacial score (nSPS) is 13.9. The highest BCUT2D eigenvalue weighted by atomic mass is 16.2. The van der Waals surface area contributed by atoms with Crippen LogP contribution in [0.2, 0.25) is 0 Å². The van der Waals surface area contributed by atoms with E-state index in [0.717, 1.165) is 24.8 Å². The quantitative estimate of drug-likeness (QED) is 0.703. The minimum atomic E-state index is -0.406. The lowest BCUT2D eigenvalue weighted by molar-refractivity contribution is 0.0873. The van der Waals surface area contributed by atoms with Crippen molar-refractivity contribution < 1.29 is 9.59 Å². The molecule has 0 saturated heterocycles. The van der Waals surface area contributed by atoms with Crippen molar-refractivity contribution in [2.45, 2.75) is 26.2 Å². The van der Waals surface area contributed by atoms with E-state index in [-0.39, 0.29) is 0 Å². The van der Waals surface area contributed by atoms with Crippen LogP contribution in [0.4, 0.5) is 0 Å². The summed E-state index contributed by atoms with van der Waals surface area (Å²) >= 11 is 0. The molecule has 0 N–H and O–H groups in total. The van der Waals surface area contributed by atoms with Gasteiger partial charge in [-0.3, -0.25) is 9.59 Å². The standard InChI is InChI=1S/C12H12NO2/c1-2-3-4-8-5-6-9-10(7-8)12(15)13-11(9)14/h5-7H,2-4H2,1H3. The number of carbonyl (C=O) groups is 2. The first-order chi connectivity index (χ1) is 7.22. The largest absolute Gasteiger partial charge is 0.281 e. The van der Waals surface area contributed by atoms with Gasteiger partial charge in [0.05, 0.1) is 11.1 Å². The summed E-state index contributed by atoms with van der Waals surface area (Å²) in [6, 6.07) is 5.40. The topological polar surface area (TPSA) is 48.2 Å². The van der Waals surface area contributed by atoms with Gasteiger partial charge in [0.2, 0.25) is 0 Å². The third-order valence-electron chi connectivity index (χ3n) is 2.57. The van der Waals surface area contributed by atoms with Crippen molar-refractivity contribution in [2.75, 3.05) is 0 Å². The van der Waals surface area contributed by atoms with Gasteiger partial charge in [0.25, 0.3) is 11.8 Å². The number of carbonyl (C=O) groups excluding carboxylic acids is 2. The van der Waals surface area contributed by atoms with Gasteiger partial charge >= 0.3 is 0 Å². The summed E-state index contributed by atoms with van der Waals surface area (Å²) in [7, 11) is 0. The molecular formula is C12H12NO2. The van der Waals surface area contributed by atoms with Crippen LogP contribution in [0.15, 0.2) is 18.2 Å². The molecule has 1 aliphatic heterocycles. The molecule has 0 fully saturated rings. The number of benzene rings is 1. The van der Waals surface area contributed by atoms with Gasteiger partial charge in [-0.15, -0.1) is 0 Å². The Hall–Kier alpha value is -1.64. The molecule has 2 amide bonds. The Kier molecular flexibility index (Phi) is 2.54. The van der Waals surface area contributed by atoms with Crippen LogP contribution in [0.3, 0.4) is 0 Å². The number of hydrogen-bond acceptors (Lipinski definition) is 2. The predicted molar refractivity (Wildman–Crippen MR) is 55.8 cm³/mol. The van der Waals surface area contributed by atoms with Crippen molar-refractivity contribution in [3.8, 4) is 0 Å². The molecule has 1 aromatic rings. The third kappa shape index (κ3) is 1.77. The fourth-order valence-electron chi connectivity index (χ4n) is 1.70. The zero-order valence-corrected chi connectivity index (χ0v) is 8.62. The number of imide groups is 1. The molecule has 1 radical (unpaired) electrons. The van der Waals surface area contributed by atoms with Crippen molar-refractivity contribution in [1.82, 2.24) is 5.32 Å². The van der Waals surface area contributed by atoms with E-state index in [1.54, 1.807) is 12.1 Å². The predicted octanol–water partition coefficient (Wildman–Crippen LogP) is 1.93. The van der Waals surface area contributed by atoms with Gasteiger partial charge < -0.3 is 0 Å². The molecular weight excluding hydrogens is 190 g/mol. The molecule has 0 unspecified atom stereocenters. The van der Waals surface area contributed by atoms with Crippen molar-refractivity contribution >= 4 is 11.8 Å². The second kappa shape index (κ2) is 3.85. The van der Waals surface area contributed by atoms with E-state index >= 15 is 0 Å². The maximum Gasteiger partial charge on any atom is 0.281 e. The highest BCUT2D eigenvalue weighted by Gasteiger charge is 2.28. The summed E-state index contributed by atoms with van der Waals surface area (Å²) < 4.78 is 0. The van der Waals surface area contributed by atoms with Crippen LogP contribution < -0.4 is 5.32 Å². The van der Waals surface area contributed by atoms with Crippen LogP contribution in [-0.2, 0) is 6.42 Å². The van der Waals surface area contributed by atoms with Gasteiger partial charge in [-0.1, -0.05) is 19.4 Å². The van der Waals surface area contributed by atoms with Crippen LogP contribution in [0, 0.1) is 0 Å². The van der Waals surface area contributed by atoms with Crippen LogP contribution >= 0.6 is 0 Å². The van der Waals surface area contributed by atoms with Gasteiger partial charge in [0.15, 0.2) is 0 Å². The molecule has 0 aromatic heterocycles. The average molecular weight is 202 g/mol. The molecule has 1 aromatic carbocycles. The lowest BCUT2D eigenvalue weighted by Crippen LogP contribution is -2.10. The summed E-state index contributed by atoms with van der Waals surface area (Å²) in [5, 5.41) is 3.40. The number of amides is 2. The van der Waals surface area contributed by atoms with E-state index in [2.05, 4.69) is 12.2 Å². The highest BCUT2D eigenvalue weighted by molar-refractivity contribution is 6.21. The lowest BCUT2D eigenvalue weighted by Gasteiger charge is -2.01. The third-order valence-corrected chi connectivity index (χ3v) is 2.57. The Morgan fingerprint density at radius 3 is 2.60 bits per heavy atom. The van der Waals surface area contributed by atoms with Crippen molar-refractivity contribution in [1.29, 1.82) is 0 Å². The first kappa shape index (κ1) is 9.90. The lowest BCUT2D eigenvalue weighted by atomic mass is 10.0. The van der Waals surface area contributed by atoms with E-state index in [1.807, 2.05) is 6.07 Å². The number of hydrogen-bond donors (Lipinski definition) is 0. The zero-order valence-electron chi connectivity index (χ0n) is 8.62. The minimum Gasteiger partial charge on any atom is -0.267 e. The van der Waals surface area contributed by atoms with E-state index in [1.165, 1.54) is 0 Å². The fourth-order valence-corrected chi connectivity index (χ4v) is 1.70. The summed E-state index contributed by atoms with van der Waals surface area (Å²) in [6.45, 7) is 2.12. The summed E-state index contributed by atoms with van der Waals surface area (Å²) in [5.74, 6) is -0.801. The Bertz CT molecular complexity index is 424. The summed E-state index contributed by atoms with van der Waals surface area (Å²) in [4.78, 5) is 22.5. The van der Waals surface area contributed by atoms with E-state index in [9.17, 15) is 9.59 Å². The van der Waals surface area contributed by atoms with Crippen molar-refractivity contribution in [3.05, 3.63) is 34.9 Å². The summed E-state index contributed by atoms with van der Waals surface area (Å²) in [6.07, 6.45) is 3.16. The van der Waals surface area contributed by atoms with Gasteiger partial charge in [-0.25, -0.2) is 0 Å². The van der Waals surface area contributed by atoms with Gasteiger partial charge in [-0.2, -0.15) is 5.32 Å². The maximum absolute atomic E-state index is 11.3. The molecule has 2 rings (SSSR count). The second-order valence-corrected chi connectivity index (χ2v) is 3.71. The molecule has 0 spiro atoms. The SMILES string of the molecule is CCCCc1ccc2c(c1)C(=O)[N]C2=O. The van der Waals surface area contributed by atoms with E-state index in [4.69, 9.17) is 0 Å². The smallest absolute Gasteiger partial charge is 0.267 e. The molecule has 77 valence electrons. The minimum absolute atomic E-state index is 0.395. The monoisotopic (exact) mass is 202 g/mol. The average Bonchev–Trinajstić information content (AvgIpc) is 2.52. The summed E-state index contributed by atoms with van der Waals surface area (Å²) in [5.41, 5.74) is 2.02. The molecule has 3 nitrogen and oxygen atoms in total. The number of nitrogens with zero attached hydrogens (tertiary/aromatic N) is 1. The first-order valence-electron chi connectivity index (χ1n) is 5.15. The van der Waals surface area contributed by atoms with Crippen LogP contribution in [-0.4, -0.2) is 11.8 Å².